The van der Waals surface area contributed by atoms with Gasteiger partial charge in [-0.15, -0.1) is 0 Å². The van der Waals surface area contributed by atoms with Crippen molar-refractivity contribution in [2.75, 3.05) is 25.5 Å². The number of carbonyl (C=O) groups is 2. The lowest BCUT2D eigenvalue weighted by molar-refractivity contribution is -0.133. The largest absolute Gasteiger partial charge is 0.336 e. The SMILES string of the molecule is CN(CC(=O)Nc1ccc(F)cc1)C(=O)CCNS(=O)(=O)c1ccc(F)cc1. The number of carbonyl (C=O) groups excluding carboxylic acids is 2. The number of anilines is 1. The molecule has 0 aliphatic heterocycles. The van der Waals surface area contributed by atoms with Crippen LogP contribution >= 0.6 is 0 Å². The van der Waals surface area contributed by atoms with Crippen molar-refractivity contribution >= 4 is 27.5 Å². The predicted molar refractivity (Wildman–Crippen MR) is 98.9 cm³/mol. The first-order chi connectivity index (χ1) is 13.2. The van der Waals surface area contributed by atoms with Crippen LogP contribution in [0.2, 0.25) is 0 Å². The van der Waals surface area contributed by atoms with E-state index in [-0.39, 0.29) is 24.4 Å². The summed E-state index contributed by atoms with van der Waals surface area (Å²) in [6.45, 7) is -0.427. The van der Waals surface area contributed by atoms with Crippen LogP contribution in [0.3, 0.4) is 0 Å². The molecule has 2 N–H and O–H groups in total. The van der Waals surface area contributed by atoms with Gasteiger partial charge in [0, 0.05) is 25.7 Å². The first-order valence-electron chi connectivity index (χ1n) is 8.22. The van der Waals surface area contributed by atoms with Gasteiger partial charge in [0.1, 0.15) is 11.6 Å². The van der Waals surface area contributed by atoms with Crippen molar-refractivity contribution in [1.29, 1.82) is 0 Å². The van der Waals surface area contributed by atoms with E-state index in [1.165, 1.54) is 31.3 Å². The zero-order chi connectivity index (χ0) is 20.7. The van der Waals surface area contributed by atoms with Crippen molar-refractivity contribution in [2.24, 2.45) is 0 Å². The molecule has 0 fully saturated rings. The molecular weight excluding hydrogens is 392 g/mol. The van der Waals surface area contributed by atoms with Crippen LogP contribution in [-0.2, 0) is 19.6 Å². The highest BCUT2D eigenvalue weighted by molar-refractivity contribution is 7.89. The van der Waals surface area contributed by atoms with E-state index in [1.807, 2.05) is 0 Å². The molecule has 0 saturated heterocycles. The predicted octanol–water partition coefficient (Wildman–Crippen LogP) is 1.73. The van der Waals surface area contributed by atoms with Crippen LogP contribution in [0.4, 0.5) is 14.5 Å². The molecule has 10 heteroatoms. The lowest BCUT2D eigenvalue weighted by Gasteiger charge is -2.17. The summed E-state index contributed by atoms with van der Waals surface area (Å²) in [6.07, 6.45) is -0.166. The normalized spacial score (nSPS) is 11.1. The number of hydrogen-bond donors (Lipinski definition) is 2. The minimum absolute atomic E-state index is 0.117. The van der Waals surface area contributed by atoms with Crippen LogP contribution in [0, 0.1) is 11.6 Å². The van der Waals surface area contributed by atoms with Crippen LogP contribution in [0.25, 0.3) is 0 Å². The second-order valence-corrected chi connectivity index (χ2v) is 7.67. The van der Waals surface area contributed by atoms with Crippen LogP contribution < -0.4 is 10.0 Å². The quantitative estimate of drug-likeness (QED) is 0.692. The summed E-state index contributed by atoms with van der Waals surface area (Å²) < 4.78 is 52.0. The lowest BCUT2D eigenvalue weighted by Crippen LogP contribution is -2.37. The maximum absolute atomic E-state index is 12.9. The van der Waals surface area contributed by atoms with Crippen molar-refractivity contribution < 1.29 is 26.8 Å². The van der Waals surface area contributed by atoms with E-state index in [4.69, 9.17) is 0 Å². The Bertz CT molecular complexity index is 932. The third kappa shape index (κ3) is 6.39. The Morgan fingerprint density at radius 3 is 2.07 bits per heavy atom. The number of nitrogens with one attached hydrogen (secondary N) is 2. The summed E-state index contributed by atoms with van der Waals surface area (Å²) >= 11 is 0. The standard InChI is InChI=1S/C18H19F2N3O4S/c1-23(12-17(24)22-15-6-2-13(19)3-7-15)18(25)10-11-21-28(26,27)16-8-4-14(20)5-9-16/h2-9,21H,10-12H2,1H3,(H,22,24). The Morgan fingerprint density at radius 1 is 0.964 bits per heavy atom. The highest BCUT2D eigenvalue weighted by Gasteiger charge is 2.17. The Hall–Kier alpha value is -2.85. The third-order valence-corrected chi connectivity index (χ3v) is 5.17. The molecule has 2 amide bonds. The summed E-state index contributed by atoms with van der Waals surface area (Å²) in [5.74, 6) is -1.92. The summed E-state index contributed by atoms with van der Waals surface area (Å²) in [5.41, 5.74) is 0.388. The molecule has 0 atom stereocenters. The maximum Gasteiger partial charge on any atom is 0.243 e. The Labute approximate surface area is 161 Å². The Morgan fingerprint density at radius 2 is 1.50 bits per heavy atom. The van der Waals surface area contributed by atoms with E-state index in [0.29, 0.717) is 5.69 Å². The first-order valence-corrected chi connectivity index (χ1v) is 9.70. The monoisotopic (exact) mass is 411 g/mol. The van der Waals surface area contributed by atoms with Gasteiger partial charge in [0.15, 0.2) is 0 Å². The zero-order valence-corrected chi connectivity index (χ0v) is 15.8. The van der Waals surface area contributed by atoms with Gasteiger partial charge in [-0.2, -0.15) is 0 Å². The van der Waals surface area contributed by atoms with E-state index >= 15 is 0 Å². The zero-order valence-electron chi connectivity index (χ0n) is 15.0. The van der Waals surface area contributed by atoms with Crippen LogP contribution in [-0.4, -0.2) is 45.3 Å². The molecular formula is C18H19F2N3O4S. The summed E-state index contributed by atoms with van der Waals surface area (Å²) in [5, 5.41) is 2.52. The number of rotatable bonds is 8. The molecule has 2 aromatic rings. The van der Waals surface area contributed by atoms with E-state index in [2.05, 4.69) is 10.0 Å². The van der Waals surface area contributed by atoms with Crippen molar-refractivity contribution in [3.8, 4) is 0 Å². The molecule has 0 unspecified atom stereocenters. The van der Waals surface area contributed by atoms with Gasteiger partial charge in [-0.3, -0.25) is 9.59 Å². The van der Waals surface area contributed by atoms with Gasteiger partial charge < -0.3 is 10.2 Å². The highest BCUT2D eigenvalue weighted by Crippen LogP contribution is 2.10. The minimum atomic E-state index is -3.86. The number of likely N-dealkylation sites (N-methyl/N-ethyl adjacent to an activating group) is 1. The highest BCUT2D eigenvalue weighted by atomic mass is 32.2. The van der Waals surface area contributed by atoms with Gasteiger partial charge in [-0.05, 0) is 48.5 Å². The van der Waals surface area contributed by atoms with Crippen LogP contribution in [0.15, 0.2) is 53.4 Å². The van der Waals surface area contributed by atoms with Gasteiger partial charge in [0.05, 0.1) is 11.4 Å². The molecule has 28 heavy (non-hydrogen) atoms. The second kappa shape index (κ2) is 9.38. The Kier molecular flexibility index (Phi) is 7.18. The molecule has 0 aromatic heterocycles. The minimum Gasteiger partial charge on any atom is -0.336 e. The number of amides is 2. The summed E-state index contributed by atoms with van der Waals surface area (Å²) in [7, 11) is -2.46. The lowest BCUT2D eigenvalue weighted by atomic mass is 10.3. The average Bonchev–Trinajstić information content (AvgIpc) is 2.63. The fourth-order valence-electron chi connectivity index (χ4n) is 2.22. The van der Waals surface area contributed by atoms with Crippen LogP contribution in [0.5, 0.6) is 0 Å². The van der Waals surface area contributed by atoms with Gasteiger partial charge in [-0.1, -0.05) is 0 Å². The van der Waals surface area contributed by atoms with Crippen molar-refractivity contribution in [3.05, 3.63) is 60.2 Å². The molecule has 2 rings (SSSR count). The summed E-state index contributed by atoms with van der Waals surface area (Å²) in [6, 6.07) is 9.44. The topological polar surface area (TPSA) is 95.6 Å². The Balaban J connectivity index is 1.79. The number of nitrogens with zero attached hydrogens (tertiary/aromatic N) is 1. The molecule has 7 nitrogen and oxygen atoms in total. The van der Waals surface area contributed by atoms with Crippen molar-refractivity contribution in [3.63, 3.8) is 0 Å². The van der Waals surface area contributed by atoms with E-state index in [9.17, 15) is 26.8 Å². The maximum atomic E-state index is 12.9. The second-order valence-electron chi connectivity index (χ2n) is 5.91. The molecule has 0 radical (unpaired) electrons. The number of sulfonamides is 1. The van der Waals surface area contributed by atoms with E-state index < -0.39 is 33.5 Å². The molecule has 0 bridgehead atoms. The van der Waals surface area contributed by atoms with Crippen molar-refractivity contribution in [1.82, 2.24) is 9.62 Å². The van der Waals surface area contributed by atoms with Crippen LogP contribution in [0.1, 0.15) is 6.42 Å². The molecule has 0 spiro atoms. The molecule has 2 aromatic carbocycles. The van der Waals surface area contributed by atoms with E-state index in [1.54, 1.807) is 0 Å². The van der Waals surface area contributed by atoms with Gasteiger partial charge in [0.25, 0.3) is 0 Å². The average molecular weight is 411 g/mol. The molecule has 150 valence electrons. The smallest absolute Gasteiger partial charge is 0.243 e. The molecule has 0 aliphatic rings. The molecule has 0 aliphatic carbocycles. The van der Waals surface area contributed by atoms with Crippen molar-refractivity contribution in [2.45, 2.75) is 11.3 Å². The number of halogens is 2. The first kappa shape index (κ1) is 21.5. The van der Waals surface area contributed by atoms with Gasteiger partial charge in [-0.25, -0.2) is 21.9 Å². The van der Waals surface area contributed by atoms with Gasteiger partial charge >= 0.3 is 0 Å². The summed E-state index contributed by atoms with van der Waals surface area (Å²) in [4.78, 5) is 25.0. The third-order valence-electron chi connectivity index (χ3n) is 3.69. The van der Waals surface area contributed by atoms with E-state index in [0.717, 1.165) is 29.2 Å². The molecule has 0 saturated carbocycles. The molecule has 0 heterocycles. The number of benzene rings is 2. The fraction of sp³-hybridized carbons (Fsp3) is 0.222. The fourth-order valence-corrected chi connectivity index (χ4v) is 3.25. The number of hydrogen-bond acceptors (Lipinski definition) is 4. The van der Waals surface area contributed by atoms with Gasteiger partial charge in [0.2, 0.25) is 21.8 Å².